The highest BCUT2D eigenvalue weighted by Crippen LogP contribution is 2.43. The standard InChI is InChI=1S/C37H38Cl3N7O4/c1-37(50)14-22(15-37)42-18-31-45-47-19-20(12-30(47)36(49)46(31)2)23-6-4-7-24(33(23)39)25-8-5-9-26(34(25)40)29-13-28(38)27(35(44-29)51-3)17-41-16-21-10-11-32(48)43-21/h4-9,12-13,19,21-22,41-42,50H,10-11,14-18H2,1-3H3,(H,43,48)/t21-,22-,37-/m0/s1. The van der Waals surface area contributed by atoms with Crippen molar-refractivity contribution in [1.29, 1.82) is 0 Å². The van der Waals surface area contributed by atoms with E-state index in [1.807, 2.05) is 43.3 Å². The van der Waals surface area contributed by atoms with Crippen LogP contribution in [0.5, 0.6) is 5.88 Å². The first-order chi connectivity index (χ1) is 24.4. The molecule has 1 saturated heterocycles. The van der Waals surface area contributed by atoms with Gasteiger partial charge in [0.05, 0.1) is 40.0 Å². The molecule has 0 radical (unpaired) electrons. The average Bonchev–Trinajstić information content (AvgIpc) is 3.71. The number of methoxy groups -OCH3 is 1. The number of ether oxygens (including phenoxy) is 1. The van der Waals surface area contributed by atoms with E-state index in [-0.39, 0.29) is 23.6 Å². The van der Waals surface area contributed by atoms with Crippen LogP contribution in [0.25, 0.3) is 39.0 Å². The molecule has 0 unspecified atom stereocenters. The highest BCUT2D eigenvalue weighted by molar-refractivity contribution is 6.39. The minimum atomic E-state index is -0.644. The minimum Gasteiger partial charge on any atom is -0.481 e. The number of hydrogen-bond acceptors (Lipinski definition) is 8. The summed E-state index contributed by atoms with van der Waals surface area (Å²) in [6.45, 7) is 3.24. The fourth-order valence-electron chi connectivity index (χ4n) is 6.95. The number of hydrogen-bond donors (Lipinski definition) is 4. The molecular formula is C37H38Cl3N7O4. The van der Waals surface area contributed by atoms with Crippen LogP contribution in [-0.4, -0.2) is 61.5 Å². The van der Waals surface area contributed by atoms with Crippen molar-refractivity contribution in [2.45, 2.75) is 63.4 Å². The normalized spacial score (nSPS) is 20.1. The maximum atomic E-state index is 13.4. The topological polar surface area (TPSA) is 135 Å². The van der Waals surface area contributed by atoms with Gasteiger partial charge in [0, 0.05) is 78.2 Å². The summed E-state index contributed by atoms with van der Waals surface area (Å²) in [7, 11) is 3.25. The number of rotatable bonds is 11. The fourth-order valence-corrected chi connectivity index (χ4v) is 7.86. The van der Waals surface area contributed by atoms with E-state index >= 15 is 0 Å². The van der Waals surface area contributed by atoms with Gasteiger partial charge in [-0.15, -0.1) is 0 Å². The molecule has 1 saturated carbocycles. The molecule has 0 bridgehead atoms. The zero-order valence-electron chi connectivity index (χ0n) is 28.4. The maximum absolute atomic E-state index is 13.4. The lowest BCUT2D eigenvalue weighted by Gasteiger charge is -2.41. The molecule has 3 aromatic heterocycles. The highest BCUT2D eigenvalue weighted by Gasteiger charge is 2.38. The van der Waals surface area contributed by atoms with Gasteiger partial charge in [-0.25, -0.2) is 9.50 Å². The third-order valence-corrected chi connectivity index (χ3v) is 10.9. The van der Waals surface area contributed by atoms with Crippen LogP contribution in [0, 0.1) is 0 Å². The third-order valence-electron chi connectivity index (χ3n) is 9.73. The van der Waals surface area contributed by atoms with E-state index in [1.54, 1.807) is 41.6 Å². The van der Waals surface area contributed by atoms with Gasteiger partial charge in [0.15, 0.2) is 0 Å². The number of pyridine rings is 1. The molecule has 7 rings (SSSR count). The van der Waals surface area contributed by atoms with Crippen LogP contribution in [0.2, 0.25) is 15.1 Å². The average molecular weight is 751 g/mol. The predicted molar refractivity (Wildman–Crippen MR) is 199 cm³/mol. The Morgan fingerprint density at radius 3 is 2.37 bits per heavy atom. The number of amides is 1. The summed E-state index contributed by atoms with van der Waals surface area (Å²) in [5.41, 5.74) is 4.35. The molecule has 0 spiro atoms. The molecule has 14 heteroatoms. The molecule has 4 heterocycles. The van der Waals surface area contributed by atoms with Gasteiger partial charge < -0.3 is 25.8 Å². The fraction of sp³-hybridized carbons (Fsp3) is 0.351. The van der Waals surface area contributed by atoms with Gasteiger partial charge >= 0.3 is 0 Å². The smallest absolute Gasteiger partial charge is 0.277 e. The second-order valence-electron chi connectivity index (χ2n) is 13.6. The monoisotopic (exact) mass is 749 g/mol. The van der Waals surface area contributed by atoms with Crippen LogP contribution in [0.4, 0.5) is 0 Å². The van der Waals surface area contributed by atoms with Crippen molar-refractivity contribution in [3.05, 3.63) is 91.5 Å². The zero-order chi connectivity index (χ0) is 36.0. The first-order valence-corrected chi connectivity index (χ1v) is 17.9. The van der Waals surface area contributed by atoms with E-state index < -0.39 is 5.60 Å². The highest BCUT2D eigenvalue weighted by atomic mass is 35.5. The molecule has 266 valence electrons. The van der Waals surface area contributed by atoms with E-state index in [0.717, 1.165) is 17.5 Å². The zero-order valence-corrected chi connectivity index (χ0v) is 30.7. The molecule has 51 heavy (non-hydrogen) atoms. The molecule has 4 N–H and O–H groups in total. The Labute approximate surface area is 309 Å². The number of fused-ring (bicyclic) bond motifs is 1. The first-order valence-electron chi connectivity index (χ1n) is 16.8. The Hall–Kier alpha value is -3.97. The molecule has 11 nitrogen and oxygen atoms in total. The second-order valence-corrected chi connectivity index (χ2v) is 14.7. The lowest BCUT2D eigenvalue weighted by molar-refractivity contribution is -0.119. The van der Waals surface area contributed by atoms with Crippen LogP contribution in [0.3, 0.4) is 0 Å². The number of carbonyl (C=O) groups is 1. The SMILES string of the molecule is COc1nc(-c2cccc(-c3cccc(-c4cc5c(=O)n(C)c(CN[C@H]6C[C@](C)(O)C6)nn5c4)c3Cl)c2Cl)cc(Cl)c1CNC[C@@H]1CCC(=O)N1. The molecule has 5 aromatic rings. The molecule has 1 atom stereocenters. The van der Waals surface area contributed by atoms with Crippen LogP contribution < -0.4 is 26.2 Å². The maximum Gasteiger partial charge on any atom is 0.277 e. The van der Waals surface area contributed by atoms with Gasteiger partial charge in [0.25, 0.3) is 5.56 Å². The number of carbonyl (C=O) groups excluding carboxylic acids is 1. The number of aliphatic hydroxyl groups is 1. The van der Waals surface area contributed by atoms with E-state index in [9.17, 15) is 14.7 Å². The summed E-state index contributed by atoms with van der Waals surface area (Å²) in [6.07, 6.45) is 4.45. The van der Waals surface area contributed by atoms with Gasteiger partial charge in [-0.05, 0) is 38.3 Å². The molecule has 2 aliphatic rings. The van der Waals surface area contributed by atoms with Gasteiger partial charge in [-0.2, -0.15) is 5.10 Å². The quantitative estimate of drug-likeness (QED) is 0.134. The Morgan fingerprint density at radius 1 is 1.02 bits per heavy atom. The van der Waals surface area contributed by atoms with E-state index in [4.69, 9.17) is 49.6 Å². The summed E-state index contributed by atoms with van der Waals surface area (Å²) in [6, 6.07) is 15.1. The molecule has 2 fully saturated rings. The van der Waals surface area contributed by atoms with Crippen molar-refractivity contribution in [3.63, 3.8) is 0 Å². The predicted octanol–water partition coefficient (Wildman–Crippen LogP) is 5.77. The molecule has 1 amide bonds. The third kappa shape index (κ3) is 7.11. The van der Waals surface area contributed by atoms with Crippen molar-refractivity contribution in [2.75, 3.05) is 13.7 Å². The van der Waals surface area contributed by atoms with Gasteiger partial charge in [-0.1, -0.05) is 71.2 Å². The summed E-state index contributed by atoms with van der Waals surface area (Å²) < 4.78 is 8.78. The summed E-state index contributed by atoms with van der Waals surface area (Å²) in [5.74, 6) is 1.02. The van der Waals surface area contributed by atoms with Crippen LogP contribution in [0.15, 0.2) is 59.5 Å². The van der Waals surface area contributed by atoms with Crippen molar-refractivity contribution < 1.29 is 14.6 Å². The number of halogens is 3. The van der Waals surface area contributed by atoms with E-state index in [0.29, 0.717) is 99.1 Å². The summed E-state index contributed by atoms with van der Waals surface area (Å²) in [4.78, 5) is 29.7. The van der Waals surface area contributed by atoms with Crippen LogP contribution in [-0.2, 0) is 24.9 Å². The van der Waals surface area contributed by atoms with Gasteiger partial charge in [-0.3, -0.25) is 14.2 Å². The van der Waals surface area contributed by atoms with Crippen molar-refractivity contribution >= 4 is 46.2 Å². The molecular weight excluding hydrogens is 713 g/mol. The lowest BCUT2D eigenvalue weighted by atomic mass is 9.77. The number of benzene rings is 2. The number of nitrogens with zero attached hydrogens (tertiary/aromatic N) is 4. The Morgan fingerprint density at radius 2 is 1.71 bits per heavy atom. The van der Waals surface area contributed by atoms with Crippen LogP contribution in [0.1, 0.15) is 44.0 Å². The molecule has 1 aliphatic carbocycles. The van der Waals surface area contributed by atoms with E-state index in [2.05, 4.69) is 16.0 Å². The summed E-state index contributed by atoms with van der Waals surface area (Å²) in [5, 5.41) is 25.8. The minimum absolute atomic E-state index is 0.0675. The largest absolute Gasteiger partial charge is 0.481 e. The lowest BCUT2D eigenvalue weighted by Crippen LogP contribution is -2.51. The van der Waals surface area contributed by atoms with Gasteiger partial charge in [0.1, 0.15) is 11.3 Å². The van der Waals surface area contributed by atoms with Crippen LogP contribution >= 0.6 is 34.8 Å². The molecule has 2 aromatic carbocycles. The Bertz CT molecular complexity index is 2210. The Balaban J connectivity index is 1.16. The van der Waals surface area contributed by atoms with Crippen molar-refractivity contribution in [2.24, 2.45) is 7.05 Å². The Kier molecular flexibility index (Phi) is 9.88. The number of nitrogens with one attached hydrogen (secondary N) is 3. The number of aromatic nitrogens is 4. The molecule has 1 aliphatic heterocycles. The first kappa shape index (κ1) is 35.4. The van der Waals surface area contributed by atoms with E-state index in [1.165, 1.54) is 0 Å². The summed E-state index contributed by atoms with van der Waals surface area (Å²) >= 11 is 21.0. The van der Waals surface area contributed by atoms with Crippen molar-refractivity contribution in [3.8, 4) is 39.4 Å². The van der Waals surface area contributed by atoms with Gasteiger partial charge in [0.2, 0.25) is 11.8 Å². The van der Waals surface area contributed by atoms with Crippen molar-refractivity contribution in [1.82, 2.24) is 35.1 Å². The second kappa shape index (κ2) is 14.2.